The van der Waals surface area contributed by atoms with Gasteiger partial charge in [-0.25, -0.2) is 9.98 Å². The van der Waals surface area contributed by atoms with Crippen molar-refractivity contribution in [1.82, 2.24) is 9.55 Å². The Labute approximate surface area is 346 Å². The van der Waals surface area contributed by atoms with Gasteiger partial charge in [0.2, 0.25) is 5.90 Å². The number of ether oxygens (including phenoxy) is 2. The van der Waals surface area contributed by atoms with Crippen molar-refractivity contribution in [2.24, 2.45) is 10.9 Å². The lowest BCUT2D eigenvalue weighted by Gasteiger charge is -2.32. The molecule has 0 bridgehead atoms. The van der Waals surface area contributed by atoms with Crippen LogP contribution in [0.15, 0.2) is 96.1 Å². The Balaban J connectivity index is 1.30. The van der Waals surface area contributed by atoms with Crippen LogP contribution in [0.5, 0.6) is 11.5 Å². The highest BCUT2D eigenvalue weighted by Crippen LogP contribution is 2.43. The highest BCUT2D eigenvalue weighted by atomic mass is 16.5. The van der Waals surface area contributed by atoms with Crippen LogP contribution in [0.25, 0.3) is 38.8 Å². The molecule has 1 saturated carbocycles. The largest absolute Gasteiger partial charge is 0.475 e. The van der Waals surface area contributed by atoms with E-state index >= 15 is 0 Å². The SMILES string of the molecule is CC(C)c1cccc(C(C)C)c1-c1cc(Oc2ccc3c4cc(C(C)(C)C)ccc4n(-c4cc(C(C)(C)C)ccn4)c3c2)cc(C2=N[C@](C)(C3CCCCC3)CO2)c1. The summed E-state index contributed by atoms with van der Waals surface area (Å²) in [5.41, 5.74) is 10.6. The van der Waals surface area contributed by atoms with E-state index < -0.39 is 0 Å². The van der Waals surface area contributed by atoms with Crippen molar-refractivity contribution in [3.05, 3.63) is 119 Å². The lowest BCUT2D eigenvalue weighted by atomic mass is 9.76. The number of fused-ring (bicyclic) bond motifs is 3. The Morgan fingerprint density at radius 3 is 2.03 bits per heavy atom. The van der Waals surface area contributed by atoms with E-state index in [4.69, 9.17) is 19.5 Å². The lowest BCUT2D eigenvalue weighted by molar-refractivity contribution is 0.170. The van der Waals surface area contributed by atoms with E-state index in [-0.39, 0.29) is 16.4 Å². The molecule has 1 fully saturated rings. The molecule has 5 nitrogen and oxygen atoms in total. The lowest BCUT2D eigenvalue weighted by Crippen LogP contribution is -2.35. The molecule has 0 spiro atoms. The van der Waals surface area contributed by atoms with Crippen molar-refractivity contribution in [3.8, 4) is 28.4 Å². The van der Waals surface area contributed by atoms with Crippen LogP contribution in [0.2, 0.25) is 0 Å². The number of aliphatic imine (C=N–C) groups is 1. The molecule has 6 aromatic rings. The van der Waals surface area contributed by atoms with Gasteiger partial charge in [0.05, 0.1) is 16.6 Å². The quantitative estimate of drug-likeness (QED) is 0.155. The highest BCUT2D eigenvalue weighted by Gasteiger charge is 2.40. The Morgan fingerprint density at radius 1 is 0.690 bits per heavy atom. The predicted octanol–water partition coefficient (Wildman–Crippen LogP) is 14.6. The molecule has 302 valence electrons. The minimum atomic E-state index is -0.213. The fraction of sp³-hybridized carbons (Fsp3) is 0.434. The number of benzene rings is 4. The van der Waals surface area contributed by atoms with Gasteiger partial charge in [-0.1, -0.05) is 113 Å². The van der Waals surface area contributed by atoms with E-state index in [0.29, 0.717) is 24.4 Å². The van der Waals surface area contributed by atoms with Gasteiger partial charge < -0.3 is 9.47 Å². The molecule has 1 atom stereocenters. The van der Waals surface area contributed by atoms with Crippen molar-refractivity contribution < 1.29 is 9.47 Å². The second-order valence-electron chi connectivity index (χ2n) is 20.0. The van der Waals surface area contributed by atoms with Crippen LogP contribution in [0.4, 0.5) is 0 Å². The fourth-order valence-electron chi connectivity index (χ4n) is 9.32. The normalized spacial score (nSPS) is 18.1. The standard InChI is InChI=1S/C53H63N3O2/c1-33(2)42-18-15-19-43(34(3)4)49(42)35-26-36(50-55-53(11,32-57-50)37-16-13-12-14-17-37)28-41(27-35)58-40-21-22-44-45-29-38(51(5,6)7)20-23-46(45)56(47(44)31-40)48-30-39(24-25-54-48)52(8,9)10/h15,18-31,33-34,37H,12-14,16-17,32H2,1-11H3/t53-/m0/s1. The van der Waals surface area contributed by atoms with Crippen molar-refractivity contribution in [2.75, 3.05) is 6.61 Å². The Bertz CT molecular complexity index is 2490. The van der Waals surface area contributed by atoms with Crippen molar-refractivity contribution in [3.63, 3.8) is 0 Å². The molecular weight excluding hydrogens is 711 g/mol. The molecule has 58 heavy (non-hydrogen) atoms. The average molecular weight is 774 g/mol. The first-order valence-corrected chi connectivity index (χ1v) is 21.7. The van der Waals surface area contributed by atoms with Crippen molar-refractivity contribution in [1.29, 1.82) is 0 Å². The van der Waals surface area contributed by atoms with Crippen molar-refractivity contribution >= 4 is 27.7 Å². The third-order valence-corrected chi connectivity index (χ3v) is 12.8. The maximum Gasteiger partial charge on any atom is 0.216 e. The maximum absolute atomic E-state index is 7.02. The Morgan fingerprint density at radius 2 is 1.36 bits per heavy atom. The van der Waals surface area contributed by atoms with Crippen LogP contribution >= 0.6 is 0 Å². The molecule has 3 heterocycles. The summed E-state index contributed by atoms with van der Waals surface area (Å²) in [4.78, 5) is 10.4. The van der Waals surface area contributed by atoms with Crippen LogP contribution in [0.1, 0.15) is 148 Å². The second kappa shape index (κ2) is 15.0. The topological polar surface area (TPSA) is 48.6 Å². The summed E-state index contributed by atoms with van der Waals surface area (Å²) in [5.74, 6) is 4.41. The van der Waals surface area contributed by atoms with Crippen LogP contribution in [0.3, 0.4) is 0 Å². The summed E-state index contributed by atoms with van der Waals surface area (Å²) in [6.07, 6.45) is 8.26. The number of nitrogens with zero attached hydrogens (tertiary/aromatic N) is 3. The number of pyridine rings is 1. The molecule has 1 aliphatic carbocycles. The molecule has 4 aromatic carbocycles. The summed E-state index contributed by atoms with van der Waals surface area (Å²) in [7, 11) is 0. The van der Waals surface area contributed by atoms with Crippen LogP contribution < -0.4 is 4.74 Å². The zero-order valence-electron chi connectivity index (χ0n) is 36.8. The van der Waals surface area contributed by atoms with E-state index in [1.54, 1.807) is 0 Å². The first kappa shape index (κ1) is 39.9. The summed E-state index contributed by atoms with van der Waals surface area (Å²) < 4.78 is 15.9. The van der Waals surface area contributed by atoms with Gasteiger partial charge in [0, 0.05) is 28.6 Å². The molecule has 0 N–H and O–H groups in total. The Hall–Kier alpha value is -4.90. The van der Waals surface area contributed by atoms with Gasteiger partial charge in [0.15, 0.2) is 0 Å². The van der Waals surface area contributed by atoms with Gasteiger partial charge in [-0.3, -0.25) is 4.57 Å². The van der Waals surface area contributed by atoms with Gasteiger partial charge in [-0.05, 0) is 136 Å². The van der Waals surface area contributed by atoms with E-state index in [2.05, 4.69) is 166 Å². The predicted molar refractivity (Wildman–Crippen MR) is 244 cm³/mol. The highest BCUT2D eigenvalue weighted by molar-refractivity contribution is 6.10. The van der Waals surface area contributed by atoms with Crippen LogP contribution in [0, 0.1) is 5.92 Å². The summed E-state index contributed by atoms with van der Waals surface area (Å²) in [6, 6.07) is 31.2. The van der Waals surface area contributed by atoms with Gasteiger partial charge in [0.1, 0.15) is 23.9 Å². The smallest absolute Gasteiger partial charge is 0.216 e. The van der Waals surface area contributed by atoms with Gasteiger partial charge >= 0.3 is 0 Å². The van der Waals surface area contributed by atoms with Crippen LogP contribution in [-0.2, 0) is 15.6 Å². The number of aromatic nitrogens is 2. The zero-order chi connectivity index (χ0) is 41.1. The molecular formula is C53H63N3O2. The van der Waals surface area contributed by atoms with Gasteiger partial charge in [0.25, 0.3) is 0 Å². The molecule has 0 unspecified atom stereocenters. The third-order valence-electron chi connectivity index (χ3n) is 12.8. The van der Waals surface area contributed by atoms with Crippen molar-refractivity contribution in [2.45, 2.75) is 136 Å². The molecule has 0 amide bonds. The Kier molecular flexibility index (Phi) is 10.3. The van der Waals surface area contributed by atoms with Crippen LogP contribution in [-0.4, -0.2) is 27.6 Å². The summed E-state index contributed by atoms with van der Waals surface area (Å²) >= 11 is 0. The van der Waals surface area contributed by atoms with E-state index in [1.165, 1.54) is 70.7 Å². The number of rotatable bonds is 8. The monoisotopic (exact) mass is 773 g/mol. The summed E-state index contributed by atoms with van der Waals surface area (Å²) in [6.45, 7) is 25.7. The minimum Gasteiger partial charge on any atom is -0.475 e. The molecule has 2 aliphatic rings. The molecule has 2 aromatic heterocycles. The first-order chi connectivity index (χ1) is 27.5. The second-order valence-corrected chi connectivity index (χ2v) is 20.0. The van der Waals surface area contributed by atoms with E-state index in [9.17, 15) is 0 Å². The summed E-state index contributed by atoms with van der Waals surface area (Å²) in [5, 5.41) is 2.39. The minimum absolute atomic E-state index is 0.0162. The number of hydrogen-bond acceptors (Lipinski definition) is 4. The maximum atomic E-state index is 7.02. The molecule has 0 saturated heterocycles. The average Bonchev–Trinajstić information content (AvgIpc) is 3.75. The third kappa shape index (κ3) is 7.58. The fourth-order valence-corrected chi connectivity index (χ4v) is 9.32. The van der Waals surface area contributed by atoms with Gasteiger partial charge in [-0.2, -0.15) is 0 Å². The van der Waals surface area contributed by atoms with E-state index in [1.807, 2.05) is 6.20 Å². The molecule has 1 aliphatic heterocycles. The molecule has 5 heteroatoms. The van der Waals surface area contributed by atoms with E-state index in [0.717, 1.165) is 45.4 Å². The molecule has 8 rings (SSSR count). The molecule has 0 radical (unpaired) electrons. The zero-order valence-corrected chi connectivity index (χ0v) is 36.8. The first-order valence-electron chi connectivity index (χ1n) is 21.7. The number of hydrogen-bond donors (Lipinski definition) is 0. The van der Waals surface area contributed by atoms with Gasteiger partial charge in [-0.15, -0.1) is 0 Å².